The van der Waals surface area contributed by atoms with Gasteiger partial charge in [-0.3, -0.25) is 4.79 Å². The lowest BCUT2D eigenvalue weighted by Crippen LogP contribution is -2.31. The highest BCUT2D eigenvalue weighted by Crippen LogP contribution is 2.38. The molecule has 0 aliphatic heterocycles. The van der Waals surface area contributed by atoms with E-state index in [0.29, 0.717) is 12.2 Å². The Morgan fingerprint density at radius 1 is 1.38 bits per heavy atom. The first-order chi connectivity index (χ1) is 7.60. The average molecular weight is 257 g/mol. The van der Waals surface area contributed by atoms with Gasteiger partial charge in [0, 0.05) is 16.7 Å². The standard InChI is InChI=1S/C13H17ClOS/c1-13(7-3-2-4-8-13)11(15)9-10-5-6-12(14)16-10/h5-6H,2-4,7-9H2,1H3. The van der Waals surface area contributed by atoms with Crippen LogP contribution in [0.15, 0.2) is 12.1 Å². The molecule has 0 saturated heterocycles. The summed E-state index contributed by atoms with van der Waals surface area (Å²) in [6.07, 6.45) is 6.37. The van der Waals surface area contributed by atoms with E-state index in [4.69, 9.17) is 11.6 Å². The molecule has 0 N–H and O–H groups in total. The van der Waals surface area contributed by atoms with E-state index < -0.39 is 0 Å². The minimum Gasteiger partial charge on any atom is -0.299 e. The summed E-state index contributed by atoms with van der Waals surface area (Å²) in [4.78, 5) is 13.4. The summed E-state index contributed by atoms with van der Waals surface area (Å²) in [6, 6.07) is 3.84. The van der Waals surface area contributed by atoms with Crippen LogP contribution >= 0.6 is 22.9 Å². The zero-order valence-corrected chi connectivity index (χ0v) is 11.2. The topological polar surface area (TPSA) is 17.1 Å². The molecule has 0 atom stereocenters. The first-order valence-corrected chi connectivity index (χ1v) is 7.07. The van der Waals surface area contributed by atoms with Gasteiger partial charge in [-0.25, -0.2) is 0 Å². The summed E-state index contributed by atoms with van der Waals surface area (Å²) >= 11 is 7.39. The molecule has 88 valence electrons. The zero-order valence-electron chi connectivity index (χ0n) is 9.59. The first-order valence-electron chi connectivity index (χ1n) is 5.88. The Balaban J connectivity index is 2.01. The summed E-state index contributed by atoms with van der Waals surface area (Å²) in [5.41, 5.74) is -0.0747. The maximum absolute atomic E-state index is 12.3. The number of thiophene rings is 1. The lowest BCUT2D eigenvalue weighted by molar-refractivity contribution is -0.128. The molecule has 0 radical (unpaired) electrons. The van der Waals surface area contributed by atoms with Crippen LogP contribution in [-0.2, 0) is 11.2 Å². The van der Waals surface area contributed by atoms with Gasteiger partial charge in [-0.1, -0.05) is 37.8 Å². The molecule has 0 unspecified atom stereocenters. The Morgan fingerprint density at radius 3 is 2.62 bits per heavy atom. The summed E-state index contributed by atoms with van der Waals surface area (Å²) in [5.74, 6) is 0.394. The third-order valence-electron chi connectivity index (χ3n) is 3.59. The van der Waals surface area contributed by atoms with Gasteiger partial charge in [-0.05, 0) is 25.0 Å². The summed E-state index contributed by atoms with van der Waals surface area (Å²) in [5, 5.41) is 0. The molecule has 1 aromatic heterocycles. The molecule has 1 heterocycles. The molecule has 0 bridgehead atoms. The second-order valence-electron chi connectivity index (χ2n) is 4.93. The molecular formula is C13H17ClOS. The Labute approximate surface area is 106 Å². The van der Waals surface area contributed by atoms with E-state index in [0.717, 1.165) is 22.1 Å². The van der Waals surface area contributed by atoms with E-state index in [-0.39, 0.29) is 5.41 Å². The van der Waals surface area contributed by atoms with Crippen molar-refractivity contribution < 1.29 is 4.79 Å². The lowest BCUT2D eigenvalue weighted by Gasteiger charge is -2.31. The second-order valence-corrected chi connectivity index (χ2v) is 6.73. The minimum absolute atomic E-state index is 0.0747. The van der Waals surface area contributed by atoms with Crippen molar-refractivity contribution in [2.45, 2.75) is 45.4 Å². The molecule has 16 heavy (non-hydrogen) atoms. The van der Waals surface area contributed by atoms with Gasteiger partial charge >= 0.3 is 0 Å². The quantitative estimate of drug-likeness (QED) is 0.779. The van der Waals surface area contributed by atoms with E-state index in [2.05, 4.69) is 6.92 Å². The van der Waals surface area contributed by atoms with E-state index in [9.17, 15) is 4.79 Å². The van der Waals surface area contributed by atoms with Crippen LogP contribution in [0.4, 0.5) is 0 Å². The molecule has 1 aliphatic rings. The van der Waals surface area contributed by atoms with Gasteiger partial charge < -0.3 is 0 Å². The monoisotopic (exact) mass is 256 g/mol. The van der Waals surface area contributed by atoms with Crippen molar-refractivity contribution in [3.63, 3.8) is 0 Å². The van der Waals surface area contributed by atoms with Crippen LogP contribution in [0, 0.1) is 5.41 Å². The van der Waals surface area contributed by atoms with Crippen LogP contribution < -0.4 is 0 Å². The van der Waals surface area contributed by atoms with E-state index in [1.54, 1.807) is 0 Å². The van der Waals surface area contributed by atoms with Gasteiger partial charge in [0.2, 0.25) is 0 Å². The van der Waals surface area contributed by atoms with Crippen LogP contribution in [0.25, 0.3) is 0 Å². The summed E-state index contributed by atoms with van der Waals surface area (Å²) in [7, 11) is 0. The molecule has 1 saturated carbocycles. The van der Waals surface area contributed by atoms with Crippen molar-refractivity contribution in [3.8, 4) is 0 Å². The third-order valence-corrected chi connectivity index (χ3v) is 4.83. The predicted molar refractivity (Wildman–Crippen MR) is 69.2 cm³/mol. The fourth-order valence-electron chi connectivity index (χ4n) is 2.43. The Hall–Kier alpha value is -0.340. The van der Waals surface area contributed by atoms with Crippen molar-refractivity contribution in [2.24, 2.45) is 5.41 Å². The van der Waals surface area contributed by atoms with Gasteiger partial charge in [0.05, 0.1) is 4.34 Å². The summed E-state index contributed by atoms with van der Waals surface area (Å²) < 4.78 is 0.775. The highest BCUT2D eigenvalue weighted by atomic mass is 35.5. The SMILES string of the molecule is CC1(C(=O)Cc2ccc(Cl)s2)CCCCC1. The van der Waals surface area contributed by atoms with Crippen LogP contribution in [0.3, 0.4) is 0 Å². The maximum Gasteiger partial charge on any atom is 0.143 e. The highest BCUT2D eigenvalue weighted by Gasteiger charge is 2.33. The van der Waals surface area contributed by atoms with Crippen LogP contribution in [0.2, 0.25) is 4.34 Å². The highest BCUT2D eigenvalue weighted by molar-refractivity contribution is 7.16. The molecule has 0 spiro atoms. The van der Waals surface area contributed by atoms with Crippen LogP contribution in [0.1, 0.15) is 43.9 Å². The van der Waals surface area contributed by atoms with E-state index in [1.807, 2.05) is 12.1 Å². The minimum atomic E-state index is -0.0747. The molecule has 2 rings (SSSR count). The smallest absolute Gasteiger partial charge is 0.143 e. The van der Waals surface area contributed by atoms with Crippen molar-refractivity contribution in [3.05, 3.63) is 21.3 Å². The molecule has 0 aromatic carbocycles. The number of rotatable bonds is 3. The van der Waals surface area contributed by atoms with E-state index >= 15 is 0 Å². The van der Waals surface area contributed by atoms with Crippen molar-refractivity contribution in [2.75, 3.05) is 0 Å². The number of carbonyl (C=O) groups is 1. The molecule has 1 fully saturated rings. The van der Waals surface area contributed by atoms with Gasteiger partial charge in [0.1, 0.15) is 5.78 Å². The molecule has 1 nitrogen and oxygen atoms in total. The van der Waals surface area contributed by atoms with Crippen molar-refractivity contribution in [1.29, 1.82) is 0 Å². The number of halogens is 1. The van der Waals surface area contributed by atoms with Gasteiger partial charge in [-0.15, -0.1) is 11.3 Å². The second kappa shape index (κ2) is 4.89. The Morgan fingerprint density at radius 2 is 2.06 bits per heavy atom. The van der Waals surface area contributed by atoms with Gasteiger partial charge in [0.25, 0.3) is 0 Å². The lowest BCUT2D eigenvalue weighted by atomic mass is 9.72. The number of hydrogen-bond acceptors (Lipinski definition) is 2. The third kappa shape index (κ3) is 2.67. The first kappa shape index (κ1) is 12.1. The number of hydrogen-bond donors (Lipinski definition) is 0. The zero-order chi connectivity index (χ0) is 11.6. The Kier molecular flexibility index (Phi) is 3.70. The van der Waals surface area contributed by atoms with Gasteiger partial charge in [0.15, 0.2) is 0 Å². The Bertz CT molecular complexity index is 377. The predicted octanol–water partition coefficient (Wildman–Crippen LogP) is 4.48. The number of Topliss-reactive ketones (excluding diaryl/α,β-unsaturated/α-hetero) is 1. The maximum atomic E-state index is 12.3. The van der Waals surface area contributed by atoms with Crippen LogP contribution in [0.5, 0.6) is 0 Å². The van der Waals surface area contributed by atoms with E-state index in [1.165, 1.54) is 30.6 Å². The van der Waals surface area contributed by atoms with Crippen molar-refractivity contribution in [1.82, 2.24) is 0 Å². The molecule has 0 amide bonds. The summed E-state index contributed by atoms with van der Waals surface area (Å²) in [6.45, 7) is 2.13. The molecule has 1 aromatic rings. The number of ketones is 1. The van der Waals surface area contributed by atoms with Crippen molar-refractivity contribution >= 4 is 28.7 Å². The fraction of sp³-hybridized carbons (Fsp3) is 0.615. The molecule has 3 heteroatoms. The normalized spacial score (nSPS) is 19.6. The molecule has 1 aliphatic carbocycles. The largest absolute Gasteiger partial charge is 0.299 e. The average Bonchev–Trinajstić information content (AvgIpc) is 2.65. The van der Waals surface area contributed by atoms with Gasteiger partial charge in [-0.2, -0.15) is 0 Å². The number of carbonyl (C=O) groups excluding carboxylic acids is 1. The fourth-order valence-corrected chi connectivity index (χ4v) is 3.52. The van der Waals surface area contributed by atoms with Crippen LogP contribution in [-0.4, -0.2) is 5.78 Å². The molecular weight excluding hydrogens is 240 g/mol.